The summed E-state index contributed by atoms with van der Waals surface area (Å²) in [6, 6.07) is 12.7. The summed E-state index contributed by atoms with van der Waals surface area (Å²) < 4.78 is 1.72. The zero-order chi connectivity index (χ0) is 13.4. The Balaban J connectivity index is 2.25. The van der Waals surface area contributed by atoms with E-state index in [1.54, 1.807) is 29.1 Å². The molecule has 2 N–H and O–H groups in total. The van der Waals surface area contributed by atoms with Gasteiger partial charge in [-0.05, 0) is 36.4 Å². The summed E-state index contributed by atoms with van der Waals surface area (Å²) >= 11 is 6.20. The van der Waals surface area contributed by atoms with Crippen molar-refractivity contribution >= 4 is 28.2 Å². The van der Waals surface area contributed by atoms with Crippen molar-refractivity contribution in [2.75, 3.05) is 5.73 Å². The van der Waals surface area contributed by atoms with Gasteiger partial charge in [0.05, 0.1) is 34.1 Å². The Morgan fingerprint density at radius 2 is 2.05 bits per heavy atom. The minimum Gasteiger partial charge on any atom is -0.399 e. The van der Waals surface area contributed by atoms with Gasteiger partial charge in [-0.25, -0.2) is 4.68 Å². The average molecular weight is 269 g/mol. The fourth-order valence-corrected chi connectivity index (χ4v) is 2.24. The molecule has 5 heteroatoms. The molecule has 0 unspecified atom stereocenters. The van der Waals surface area contributed by atoms with E-state index in [1.165, 1.54) is 0 Å². The van der Waals surface area contributed by atoms with Gasteiger partial charge in [-0.3, -0.25) is 0 Å². The monoisotopic (exact) mass is 268 g/mol. The van der Waals surface area contributed by atoms with Gasteiger partial charge in [0.1, 0.15) is 0 Å². The predicted molar refractivity (Wildman–Crippen MR) is 75.2 cm³/mol. The number of benzene rings is 2. The van der Waals surface area contributed by atoms with Gasteiger partial charge in [-0.15, -0.1) is 0 Å². The summed E-state index contributed by atoms with van der Waals surface area (Å²) in [6.45, 7) is 0. The summed E-state index contributed by atoms with van der Waals surface area (Å²) in [5.74, 6) is 0. The molecule has 19 heavy (non-hydrogen) atoms. The molecule has 0 aliphatic rings. The standard InChI is InChI=1S/C14H9ClN4/c15-12-5-9(7-16)1-4-13(12)19-14-6-11(17)3-2-10(14)8-18-19/h1-6,8H,17H2. The first-order valence-electron chi connectivity index (χ1n) is 5.62. The van der Waals surface area contributed by atoms with Crippen molar-refractivity contribution in [2.45, 2.75) is 0 Å². The van der Waals surface area contributed by atoms with Crippen LogP contribution < -0.4 is 5.73 Å². The number of halogens is 1. The Hall–Kier alpha value is -2.51. The fraction of sp³-hybridized carbons (Fsp3) is 0. The third-order valence-corrected chi connectivity index (χ3v) is 3.20. The molecule has 0 fully saturated rings. The molecule has 0 saturated carbocycles. The lowest BCUT2D eigenvalue weighted by molar-refractivity contribution is 0.911. The first-order chi connectivity index (χ1) is 9.19. The summed E-state index contributed by atoms with van der Waals surface area (Å²) in [6.07, 6.45) is 1.75. The molecular weight excluding hydrogens is 260 g/mol. The van der Waals surface area contributed by atoms with Crippen LogP contribution in [0.25, 0.3) is 16.6 Å². The Morgan fingerprint density at radius 1 is 1.21 bits per heavy atom. The SMILES string of the molecule is N#Cc1ccc(-n2ncc3ccc(N)cc32)c(Cl)c1. The summed E-state index contributed by atoms with van der Waals surface area (Å²) in [7, 11) is 0. The van der Waals surface area contributed by atoms with E-state index >= 15 is 0 Å². The molecule has 1 heterocycles. The lowest BCUT2D eigenvalue weighted by Gasteiger charge is -2.06. The number of nitrogens with zero attached hydrogens (tertiary/aromatic N) is 3. The number of nitrogen functional groups attached to an aromatic ring is 1. The molecule has 0 radical (unpaired) electrons. The van der Waals surface area contributed by atoms with Crippen LogP contribution in [-0.4, -0.2) is 9.78 Å². The molecule has 3 aromatic rings. The number of fused-ring (bicyclic) bond motifs is 1. The number of anilines is 1. The molecule has 2 aromatic carbocycles. The Labute approximate surface area is 114 Å². The van der Waals surface area contributed by atoms with Crippen molar-refractivity contribution in [3.8, 4) is 11.8 Å². The fourth-order valence-electron chi connectivity index (χ4n) is 1.98. The summed E-state index contributed by atoms with van der Waals surface area (Å²) in [5.41, 5.74) is 8.59. The van der Waals surface area contributed by atoms with Crippen molar-refractivity contribution in [3.63, 3.8) is 0 Å². The van der Waals surface area contributed by atoms with Gasteiger partial charge in [0.2, 0.25) is 0 Å². The van der Waals surface area contributed by atoms with Crippen LogP contribution in [0.3, 0.4) is 0 Å². The van der Waals surface area contributed by atoms with Crippen LogP contribution in [-0.2, 0) is 0 Å². The van der Waals surface area contributed by atoms with Gasteiger partial charge < -0.3 is 5.73 Å². The van der Waals surface area contributed by atoms with Gasteiger partial charge in [0.25, 0.3) is 0 Å². The molecule has 4 nitrogen and oxygen atoms in total. The number of aromatic nitrogens is 2. The first-order valence-corrected chi connectivity index (χ1v) is 6.00. The number of hydrogen-bond donors (Lipinski definition) is 1. The van der Waals surface area contributed by atoms with Gasteiger partial charge in [-0.1, -0.05) is 11.6 Å². The van der Waals surface area contributed by atoms with Gasteiger partial charge in [-0.2, -0.15) is 10.4 Å². The number of rotatable bonds is 1. The number of nitriles is 1. The number of nitrogens with two attached hydrogens (primary N) is 1. The van der Waals surface area contributed by atoms with E-state index in [0.29, 0.717) is 16.3 Å². The van der Waals surface area contributed by atoms with Crippen molar-refractivity contribution in [2.24, 2.45) is 0 Å². The molecule has 0 bridgehead atoms. The molecule has 0 atom stereocenters. The molecule has 0 spiro atoms. The minimum absolute atomic E-state index is 0.478. The molecule has 0 aliphatic heterocycles. The molecule has 92 valence electrons. The highest BCUT2D eigenvalue weighted by Gasteiger charge is 2.09. The van der Waals surface area contributed by atoms with Crippen molar-refractivity contribution < 1.29 is 0 Å². The number of hydrogen-bond acceptors (Lipinski definition) is 3. The Morgan fingerprint density at radius 3 is 2.79 bits per heavy atom. The van der Waals surface area contributed by atoms with Crippen LogP contribution in [0.4, 0.5) is 5.69 Å². The predicted octanol–water partition coefficient (Wildman–Crippen LogP) is 3.13. The lowest BCUT2D eigenvalue weighted by Crippen LogP contribution is -1.98. The maximum atomic E-state index is 8.84. The average Bonchev–Trinajstić information content (AvgIpc) is 2.81. The van der Waals surface area contributed by atoms with Gasteiger partial charge >= 0.3 is 0 Å². The molecule has 0 aliphatic carbocycles. The van der Waals surface area contributed by atoms with Gasteiger partial charge in [0.15, 0.2) is 0 Å². The quantitative estimate of drug-likeness (QED) is 0.690. The van der Waals surface area contributed by atoms with E-state index in [-0.39, 0.29) is 0 Å². The third-order valence-electron chi connectivity index (χ3n) is 2.90. The largest absolute Gasteiger partial charge is 0.399 e. The first kappa shape index (κ1) is 11.6. The highest BCUT2D eigenvalue weighted by atomic mass is 35.5. The second-order valence-electron chi connectivity index (χ2n) is 4.15. The van der Waals surface area contributed by atoms with Crippen LogP contribution in [0.15, 0.2) is 42.6 Å². The highest BCUT2D eigenvalue weighted by Crippen LogP contribution is 2.26. The van der Waals surface area contributed by atoms with Crippen LogP contribution in [0.1, 0.15) is 5.56 Å². The molecular formula is C14H9ClN4. The van der Waals surface area contributed by atoms with E-state index in [9.17, 15) is 0 Å². The zero-order valence-corrected chi connectivity index (χ0v) is 10.6. The van der Waals surface area contributed by atoms with Crippen molar-refractivity contribution in [3.05, 3.63) is 53.2 Å². The molecule has 0 amide bonds. The van der Waals surface area contributed by atoms with Crippen molar-refractivity contribution in [1.82, 2.24) is 9.78 Å². The smallest absolute Gasteiger partial charge is 0.0992 e. The summed E-state index contributed by atoms with van der Waals surface area (Å²) in [5, 5.41) is 14.6. The van der Waals surface area contributed by atoms with E-state index in [4.69, 9.17) is 22.6 Å². The van der Waals surface area contributed by atoms with Crippen LogP contribution >= 0.6 is 11.6 Å². The van der Waals surface area contributed by atoms with Crippen LogP contribution in [0.2, 0.25) is 5.02 Å². The van der Waals surface area contributed by atoms with E-state index in [0.717, 1.165) is 16.6 Å². The second-order valence-corrected chi connectivity index (χ2v) is 4.56. The topological polar surface area (TPSA) is 67.6 Å². The van der Waals surface area contributed by atoms with Crippen LogP contribution in [0, 0.1) is 11.3 Å². The Kier molecular flexibility index (Phi) is 2.62. The van der Waals surface area contributed by atoms with E-state index in [2.05, 4.69) is 11.2 Å². The van der Waals surface area contributed by atoms with E-state index in [1.807, 2.05) is 18.2 Å². The maximum absolute atomic E-state index is 8.84. The molecule has 1 aromatic heterocycles. The summed E-state index contributed by atoms with van der Waals surface area (Å²) in [4.78, 5) is 0. The highest BCUT2D eigenvalue weighted by molar-refractivity contribution is 6.32. The van der Waals surface area contributed by atoms with Crippen LogP contribution in [0.5, 0.6) is 0 Å². The lowest BCUT2D eigenvalue weighted by atomic mass is 10.2. The third kappa shape index (κ3) is 1.90. The molecule has 3 rings (SSSR count). The van der Waals surface area contributed by atoms with Gasteiger partial charge in [0, 0.05) is 11.1 Å². The zero-order valence-electron chi connectivity index (χ0n) is 9.84. The normalized spacial score (nSPS) is 10.5. The van der Waals surface area contributed by atoms with E-state index < -0.39 is 0 Å². The second kappa shape index (κ2) is 4.30. The van der Waals surface area contributed by atoms with Crippen molar-refractivity contribution in [1.29, 1.82) is 5.26 Å². The maximum Gasteiger partial charge on any atom is 0.0992 e. The molecule has 0 saturated heterocycles. The Bertz CT molecular complexity index is 814. The minimum atomic E-state index is 0.478.